The maximum absolute atomic E-state index is 13.9. The standard InChI is InChI=1S/C23H25F4N3O2/c24-19-11-14(6-7-17(19)21(29)32)10-16(28)13-30-20(31)12-18(15-4-2-1-3-5-15)22(8-9-22)23(25,26)27/h1-7,11,16,18H,8-10,12-13,28H2,(H2,29,32)(H,30,31)/t16-,18+/m0/s1. The molecule has 2 aromatic rings. The van der Waals surface area contributed by atoms with E-state index >= 15 is 0 Å². The van der Waals surface area contributed by atoms with Crippen molar-refractivity contribution in [2.45, 2.75) is 43.8 Å². The number of carbonyl (C=O) groups excluding carboxylic acids is 2. The first-order valence-electron chi connectivity index (χ1n) is 10.3. The van der Waals surface area contributed by atoms with Gasteiger partial charge in [0.1, 0.15) is 5.82 Å². The minimum Gasteiger partial charge on any atom is -0.366 e. The van der Waals surface area contributed by atoms with Crippen LogP contribution in [0.25, 0.3) is 0 Å². The lowest BCUT2D eigenvalue weighted by Gasteiger charge is -2.29. The molecule has 0 heterocycles. The van der Waals surface area contributed by atoms with Gasteiger partial charge in [-0.05, 0) is 42.5 Å². The number of carbonyl (C=O) groups is 2. The number of nitrogens with one attached hydrogen (secondary N) is 1. The zero-order chi connectivity index (χ0) is 23.5. The molecular formula is C23H25F4N3O2. The fourth-order valence-corrected chi connectivity index (χ4v) is 4.04. The van der Waals surface area contributed by atoms with E-state index in [1.807, 2.05) is 0 Å². The molecule has 172 valence electrons. The molecule has 0 spiro atoms. The highest BCUT2D eigenvalue weighted by molar-refractivity contribution is 5.93. The first-order chi connectivity index (χ1) is 15.0. The Morgan fingerprint density at radius 2 is 1.75 bits per heavy atom. The SMILES string of the molecule is NC(=O)c1ccc(C[C@H](N)CNC(=O)C[C@H](c2ccccc2)C2(C(F)(F)F)CC2)cc1F. The van der Waals surface area contributed by atoms with Crippen LogP contribution in [0.15, 0.2) is 48.5 Å². The number of benzene rings is 2. The first kappa shape index (κ1) is 23.7. The molecule has 32 heavy (non-hydrogen) atoms. The summed E-state index contributed by atoms with van der Waals surface area (Å²) in [5, 5.41) is 2.60. The Balaban J connectivity index is 1.61. The monoisotopic (exact) mass is 451 g/mol. The number of nitrogens with two attached hydrogens (primary N) is 2. The summed E-state index contributed by atoms with van der Waals surface area (Å²) in [5.74, 6) is -3.15. The third-order valence-electron chi connectivity index (χ3n) is 5.97. The van der Waals surface area contributed by atoms with Crippen LogP contribution in [0.4, 0.5) is 17.6 Å². The van der Waals surface area contributed by atoms with Crippen molar-refractivity contribution in [2.75, 3.05) is 6.54 Å². The molecule has 0 radical (unpaired) electrons. The van der Waals surface area contributed by atoms with Crippen molar-refractivity contribution in [3.63, 3.8) is 0 Å². The average molecular weight is 451 g/mol. The summed E-state index contributed by atoms with van der Waals surface area (Å²) in [5.41, 5.74) is 9.94. The highest BCUT2D eigenvalue weighted by Crippen LogP contribution is 2.66. The van der Waals surface area contributed by atoms with Crippen molar-refractivity contribution in [1.82, 2.24) is 5.32 Å². The normalized spacial score (nSPS) is 16.8. The second-order valence-electron chi connectivity index (χ2n) is 8.27. The molecule has 2 amide bonds. The molecule has 0 saturated heterocycles. The van der Waals surface area contributed by atoms with Crippen LogP contribution < -0.4 is 16.8 Å². The quantitative estimate of drug-likeness (QED) is 0.510. The summed E-state index contributed by atoms with van der Waals surface area (Å²) in [6.45, 7) is 0.0125. The molecule has 2 aromatic carbocycles. The number of primary amides is 1. The molecule has 0 unspecified atom stereocenters. The molecule has 3 rings (SSSR count). The van der Waals surface area contributed by atoms with Crippen LogP contribution in [0.5, 0.6) is 0 Å². The highest BCUT2D eigenvalue weighted by Gasteiger charge is 2.67. The summed E-state index contributed by atoms with van der Waals surface area (Å²) < 4.78 is 55.1. The van der Waals surface area contributed by atoms with E-state index in [-0.39, 0.29) is 37.8 Å². The average Bonchev–Trinajstić information content (AvgIpc) is 3.53. The molecule has 1 aliphatic carbocycles. The maximum atomic E-state index is 13.9. The first-order valence-corrected chi connectivity index (χ1v) is 10.3. The molecule has 1 saturated carbocycles. The van der Waals surface area contributed by atoms with Crippen LogP contribution in [0.2, 0.25) is 0 Å². The molecule has 0 aliphatic heterocycles. The maximum Gasteiger partial charge on any atom is 0.395 e. The largest absolute Gasteiger partial charge is 0.395 e. The van der Waals surface area contributed by atoms with Gasteiger partial charge < -0.3 is 16.8 Å². The third-order valence-corrected chi connectivity index (χ3v) is 5.97. The van der Waals surface area contributed by atoms with Gasteiger partial charge in [-0.25, -0.2) is 4.39 Å². The summed E-state index contributed by atoms with van der Waals surface area (Å²) in [7, 11) is 0. The van der Waals surface area contributed by atoms with Gasteiger partial charge in [0.15, 0.2) is 0 Å². The zero-order valence-electron chi connectivity index (χ0n) is 17.3. The number of alkyl halides is 3. The molecule has 0 bridgehead atoms. The van der Waals surface area contributed by atoms with Crippen LogP contribution in [0.1, 0.15) is 46.7 Å². The van der Waals surface area contributed by atoms with Crippen molar-refractivity contribution in [3.05, 3.63) is 71.0 Å². The van der Waals surface area contributed by atoms with Crippen molar-refractivity contribution in [3.8, 4) is 0 Å². The Kier molecular flexibility index (Phi) is 6.88. The Morgan fingerprint density at radius 3 is 2.28 bits per heavy atom. The lowest BCUT2D eigenvalue weighted by molar-refractivity contribution is -0.194. The topological polar surface area (TPSA) is 98.2 Å². The van der Waals surface area contributed by atoms with Gasteiger partial charge in [-0.1, -0.05) is 36.4 Å². The van der Waals surface area contributed by atoms with Gasteiger partial charge in [0.25, 0.3) is 5.91 Å². The van der Waals surface area contributed by atoms with Crippen molar-refractivity contribution in [1.29, 1.82) is 0 Å². The summed E-state index contributed by atoms with van der Waals surface area (Å²) in [4.78, 5) is 23.6. The van der Waals surface area contributed by atoms with E-state index in [2.05, 4.69) is 5.32 Å². The van der Waals surface area contributed by atoms with Crippen LogP contribution in [-0.4, -0.2) is 30.6 Å². The van der Waals surface area contributed by atoms with Crippen LogP contribution in [-0.2, 0) is 11.2 Å². The zero-order valence-corrected chi connectivity index (χ0v) is 17.3. The molecule has 2 atom stereocenters. The molecule has 1 fully saturated rings. The van der Waals surface area contributed by atoms with E-state index in [9.17, 15) is 27.2 Å². The molecule has 5 N–H and O–H groups in total. The van der Waals surface area contributed by atoms with E-state index < -0.39 is 41.2 Å². The molecule has 9 heteroatoms. The van der Waals surface area contributed by atoms with E-state index in [0.717, 1.165) is 6.07 Å². The van der Waals surface area contributed by atoms with Crippen LogP contribution >= 0.6 is 0 Å². The van der Waals surface area contributed by atoms with Gasteiger partial charge in [0.2, 0.25) is 5.91 Å². The van der Waals surface area contributed by atoms with E-state index in [0.29, 0.717) is 11.1 Å². The smallest absolute Gasteiger partial charge is 0.366 e. The van der Waals surface area contributed by atoms with Gasteiger partial charge in [-0.15, -0.1) is 0 Å². The summed E-state index contributed by atoms with van der Waals surface area (Å²) >= 11 is 0. The number of amides is 2. The van der Waals surface area contributed by atoms with Crippen molar-refractivity contribution >= 4 is 11.8 Å². The lowest BCUT2D eigenvalue weighted by Crippen LogP contribution is -2.40. The molecule has 1 aliphatic rings. The number of hydrogen-bond acceptors (Lipinski definition) is 3. The van der Waals surface area contributed by atoms with Gasteiger partial charge in [-0.2, -0.15) is 13.2 Å². The Labute approximate surface area is 183 Å². The predicted molar refractivity (Wildman–Crippen MR) is 111 cm³/mol. The number of rotatable bonds is 9. The van der Waals surface area contributed by atoms with Gasteiger partial charge >= 0.3 is 6.18 Å². The van der Waals surface area contributed by atoms with Gasteiger partial charge in [0.05, 0.1) is 11.0 Å². The minimum atomic E-state index is -4.40. The minimum absolute atomic E-state index is 0.00425. The number of halogens is 4. The van der Waals surface area contributed by atoms with Gasteiger partial charge in [0, 0.05) is 24.9 Å². The summed E-state index contributed by atoms with van der Waals surface area (Å²) in [6.07, 6.45) is -4.51. The molecular weight excluding hydrogens is 426 g/mol. The lowest BCUT2D eigenvalue weighted by atomic mass is 9.80. The highest BCUT2D eigenvalue weighted by atomic mass is 19.4. The second-order valence-corrected chi connectivity index (χ2v) is 8.27. The van der Waals surface area contributed by atoms with Crippen LogP contribution in [0.3, 0.4) is 0 Å². The summed E-state index contributed by atoms with van der Waals surface area (Å²) in [6, 6.07) is 11.6. The Bertz CT molecular complexity index is 975. The van der Waals surface area contributed by atoms with E-state index in [4.69, 9.17) is 11.5 Å². The fourth-order valence-electron chi connectivity index (χ4n) is 4.04. The number of hydrogen-bond donors (Lipinski definition) is 3. The predicted octanol–water partition coefficient (Wildman–Crippen LogP) is 3.43. The van der Waals surface area contributed by atoms with Crippen LogP contribution in [0, 0.1) is 11.2 Å². The third kappa shape index (κ3) is 5.27. The Hall–Kier alpha value is -2.94. The van der Waals surface area contributed by atoms with Crippen molar-refractivity contribution in [2.24, 2.45) is 16.9 Å². The fraction of sp³-hybridized carbons (Fsp3) is 0.391. The van der Waals surface area contributed by atoms with Gasteiger partial charge in [-0.3, -0.25) is 9.59 Å². The van der Waals surface area contributed by atoms with Crippen molar-refractivity contribution < 1.29 is 27.2 Å². The van der Waals surface area contributed by atoms with E-state index in [1.165, 1.54) is 12.1 Å². The second kappa shape index (κ2) is 9.28. The molecule has 0 aromatic heterocycles. The Morgan fingerprint density at radius 1 is 1.09 bits per heavy atom. The molecule has 5 nitrogen and oxygen atoms in total. The van der Waals surface area contributed by atoms with E-state index in [1.54, 1.807) is 30.3 Å².